The van der Waals surface area contributed by atoms with E-state index in [1.54, 1.807) is 0 Å². The minimum atomic E-state index is 0.415. The number of piperidine rings is 1. The second-order valence-corrected chi connectivity index (χ2v) is 4.41. The first-order valence-corrected chi connectivity index (χ1v) is 5.92. The first-order valence-electron chi connectivity index (χ1n) is 5.92. The molecule has 0 aromatic carbocycles. The van der Waals surface area contributed by atoms with E-state index < -0.39 is 0 Å². The Kier molecular flexibility index (Phi) is 4.59. The predicted molar refractivity (Wildman–Crippen MR) is 59.4 cm³/mol. The summed E-state index contributed by atoms with van der Waals surface area (Å²) in [5.41, 5.74) is 0. The lowest BCUT2D eigenvalue weighted by molar-refractivity contribution is -0.120. The molecular weight excluding hydrogens is 174 g/mol. The zero-order chi connectivity index (χ0) is 10.6. The minimum absolute atomic E-state index is 0.415. The van der Waals surface area contributed by atoms with Crippen LogP contribution < -0.4 is 0 Å². The molecule has 0 spiro atoms. The van der Waals surface area contributed by atoms with Crippen molar-refractivity contribution in [1.82, 2.24) is 4.90 Å². The standard InChI is InChI=1S/C12H23NO/c1-4-10-7-6-8-11(13(10)3)9-12(14)5-2/h10-11H,4-9H2,1-3H3. The van der Waals surface area contributed by atoms with Gasteiger partial charge in [-0.2, -0.15) is 0 Å². The number of rotatable bonds is 4. The van der Waals surface area contributed by atoms with E-state index in [0.717, 1.165) is 6.42 Å². The number of Topliss-reactive ketones (excluding diaryl/α,β-unsaturated/α-hetero) is 1. The maximum absolute atomic E-state index is 11.4. The summed E-state index contributed by atoms with van der Waals surface area (Å²) in [4.78, 5) is 13.8. The molecule has 2 heteroatoms. The average Bonchev–Trinajstić information content (AvgIpc) is 2.21. The number of hydrogen-bond acceptors (Lipinski definition) is 2. The third-order valence-corrected chi connectivity index (χ3v) is 3.56. The molecule has 2 nitrogen and oxygen atoms in total. The molecule has 0 radical (unpaired) electrons. The molecule has 0 N–H and O–H groups in total. The van der Waals surface area contributed by atoms with Crippen LogP contribution in [-0.4, -0.2) is 29.8 Å². The topological polar surface area (TPSA) is 20.3 Å². The van der Waals surface area contributed by atoms with Crippen LogP contribution in [0.2, 0.25) is 0 Å². The smallest absolute Gasteiger partial charge is 0.134 e. The Hall–Kier alpha value is -0.370. The van der Waals surface area contributed by atoms with Crippen LogP contribution >= 0.6 is 0 Å². The summed E-state index contributed by atoms with van der Waals surface area (Å²) in [6, 6.07) is 1.22. The highest BCUT2D eigenvalue weighted by atomic mass is 16.1. The molecule has 1 saturated heterocycles. The van der Waals surface area contributed by atoms with Crippen molar-refractivity contribution >= 4 is 5.78 Å². The maximum Gasteiger partial charge on any atom is 0.134 e. The Balaban J connectivity index is 2.47. The fraction of sp³-hybridized carbons (Fsp3) is 0.917. The van der Waals surface area contributed by atoms with Gasteiger partial charge in [0.25, 0.3) is 0 Å². The van der Waals surface area contributed by atoms with Gasteiger partial charge >= 0.3 is 0 Å². The lowest BCUT2D eigenvalue weighted by Crippen LogP contribution is -2.44. The van der Waals surface area contributed by atoms with Crippen LogP contribution in [0.5, 0.6) is 0 Å². The minimum Gasteiger partial charge on any atom is -0.300 e. The van der Waals surface area contributed by atoms with Crippen molar-refractivity contribution in [1.29, 1.82) is 0 Å². The van der Waals surface area contributed by atoms with Crippen LogP contribution in [0.1, 0.15) is 52.4 Å². The Morgan fingerprint density at radius 2 is 1.93 bits per heavy atom. The van der Waals surface area contributed by atoms with Crippen molar-refractivity contribution in [2.75, 3.05) is 7.05 Å². The SMILES string of the molecule is CCC(=O)CC1CCCC(CC)N1C. The van der Waals surface area contributed by atoms with E-state index in [1.807, 2.05) is 6.92 Å². The van der Waals surface area contributed by atoms with Crippen LogP contribution in [0.4, 0.5) is 0 Å². The summed E-state index contributed by atoms with van der Waals surface area (Å²) in [6.07, 6.45) is 6.49. The van der Waals surface area contributed by atoms with Crippen molar-refractivity contribution in [2.24, 2.45) is 0 Å². The molecule has 1 aliphatic heterocycles. The second-order valence-electron chi connectivity index (χ2n) is 4.41. The normalized spacial score (nSPS) is 29.1. The van der Waals surface area contributed by atoms with E-state index >= 15 is 0 Å². The van der Waals surface area contributed by atoms with Crippen LogP contribution in [0.3, 0.4) is 0 Å². The van der Waals surface area contributed by atoms with Crippen molar-refractivity contribution in [3.05, 3.63) is 0 Å². The van der Waals surface area contributed by atoms with Crippen LogP contribution in [0.25, 0.3) is 0 Å². The van der Waals surface area contributed by atoms with Crippen LogP contribution in [-0.2, 0) is 4.79 Å². The lowest BCUT2D eigenvalue weighted by atomic mass is 9.91. The molecule has 0 bridgehead atoms. The third kappa shape index (κ3) is 2.81. The molecule has 1 aliphatic rings. The van der Waals surface area contributed by atoms with Crippen molar-refractivity contribution in [3.63, 3.8) is 0 Å². The zero-order valence-electron chi connectivity index (χ0n) is 9.75. The highest BCUT2D eigenvalue weighted by molar-refractivity contribution is 5.78. The van der Waals surface area contributed by atoms with Gasteiger partial charge in [-0.3, -0.25) is 4.79 Å². The molecule has 0 aromatic heterocycles. The summed E-state index contributed by atoms with van der Waals surface area (Å²) < 4.78 is 0. The van der Waals surface area contributed by atoms with E-state index in [4.69, 9.17) is 0 Å². The molecule has 1 fully saturated rings. The highest BCUT2D eigenvalue weighted by Crippen LogP contribution is 2.25. The predicted octanol–water partition coefficient (Wildman–Crippen LogP) is 2.62. The van der Waals surface area contributed by atoms with Gasteiger partial charge in [0, 0.05) is 24.9 Å². The van der Waals surface area contributed by atoms with Gasteiger partial charge in [0.15, 0.2) is 0 Å². The Bertz CT molecular complexity index is 191. The summed E-state index contributed by atoms with van der Waals surface area (Å²) >= 11 is 0. The molecule has 1 heterocycles. The molecule has 0 amide bonds. The number of ketones is 1. The van der Waals surface area contributed by atoms with E-state index in [0.29, 0.717) is 24.3 Å². The monoisotopic (exact) mass is 197 g/mol. The van der Waals surface area contributed by atoms with E-state index in [-0.39, 0.29) is 0 Å². The molecule has 0 saturated carbocycles. The molecule has 14 heavy (non-hydrogen) atoms. The summed E-state index contributed by atoms with van der Waals surface area (Å²) in [7, 11) is 2.18. The van der Waals surface area contributed by atoms with Gasteiger partial charge in [0.1, 0.15) is 5.78 Å². The molecule has 82 valence electrons. The van der Waals surface area contributed by atoms with Gasteiger partial charge in [-0.1, -0.05) is 20.3 Å². The number of carbonyl (C=O) groups is 1. The first-order chi connectivity index (χ1) is 6.69. The van der Waals surface area contributed by atoms with E-state index in [2.05, 4.69) is 18.9 Å². The van der Waals surface area contributed by atoms with E-state index in [9.17, 15) is 4.79 Å². The fourth-order valence-corrected chi connectivity index (χ4v) is 2.44. The molecule has 0 aliphatic carbocycles. The van der Waals surface area contributed by atoms with Gasteiger partial charge in [0.2, 0.25) is 0 Å². The molecule has 2 atom stereocenters. The quantitative estimate of drug-likeness (QED) is 0.690. The highest BCUT2D eigenvalue weighted by Gasteiger charge is 2.27. The lowest BCUT2D eigenvalue weighted by Gasteiger charge is -2.39. The summed E-state index contributed by atoms with van der Waals surface area (Å²) in [6.45, 7) is 4.20. The van der Waals surface area contributed by atoms with Gasteiger partial charge in [-0.15, -0.1) is 0 Å². The van der Waals surface area contributed by atoms with Gasteiger partial charge in [-0.25, -0.2) is 0 Å². The fourth-order valence-electron chi connectivity index (χ4n) is 2.44. The van der Waals surface area contributed by atoms with Crippen molar-refractivity contribution in [2.45, 2.75) is 64.5 Å². The maximum atomic E-state index is 11.4. The number of hydrogen-bond donors (Lipinski definition) is 0. The summed E-state index contributed by atoms with van der Waals surface area (Å²) in [5.74, 6) is 0.415. The zero-order valence-corrected chi connectivity index (χ0v) is 9.75. The van der Waals surface area contributed by atoms with Crippen molar-refractivity contribution in [3.8, 4) is 0 Å². The van der Waals surface area contributed by atoms with Gasteiger partial charge < -0.3 is 4.90 Å². The van der Waals surface area contributed by atoms with Crippen LogP contribution in [0, 0.1) is 0 Å². The van der Waals surface area contributed by atoms with E-state index in [1.165, 1.54) is 25.7 Å². The average molecular weight is 197 g/mol. The number of nitrogens with zero attached hydrogens (tertiary/aromatic N) is 1. The Morgan fingerprint density at radius 3 is 2.50 bits per heavy atom. The molecule has 2 unspecified atom stereocenters. The van der Waals surface area contributed by atoms with Crippen molar-refractivity contribution < 1.29 is 4.79 Å². The number of carbonyl (C=O) groups excluding carboxylic acids is 1. The second kappa shape index (κ2) is 5.50. The summed E-state index contributed by atoms with van der Waals surface area (Å²) in [5, 5.41) is 0. The molecule has 1 rings (SSSR count). The number of likely N-dealkylation sites (tertiary alicyclic amines) is 1. The van der Waals surface area contributed by atoms with Gasteiger partial charge in [0.05, 0.1) is 0 Å². The first kappa shape index (κ1) is 11.7. The Morgan fingerprint density at radius 1 is 1.29 bits per heavy atom. The molecular formula is C12H23NO. The third-order valence-electron chi connectivity index (χ3n) is 3.56. The largest absolute Gasteiger partial charge is 0.300 e. The Labute approximate surface area is 87.7 Å². The molecule has 0 aromatic rings. The van der Waals surface area contributed by atoms with Crippen LogP contribution in [0.15, 0.2) is 0 Å². The van der Waals surface area contributed by atoms with Gasteiger partial charge in [-0.05, 0) is 26.3 Å².